The number of aliphatic carboxylic acids is 3. The number of anilines is 1. The molecule has 25 heavy (non-hydrogen) atoms. The van der Waals surface area contributed by atoms with Crippen LogP contribution in [0.25, 0.3) is 0 Å². The first kappa shape index (κ1) is 18.7. The summed E-state index contributed by atoms with van der Waals surface area (Å²) >= 11 is 0. The van der Waals surface area contributed by atoms with Crippen LogP contribution < -0.4 is 4.90 Å². The minimum Gasteiger partial charge on any atom is -0.481 e. The lowest BCUT2D eigenvalue weighted by Crippen LogP contribution is -2.65. The van der Waals surface area contributed by atoms with E-state index in [4.69, 9.17) is 5.11 Å². The molecule has 1 aliphatic rings. The Bertz CT molecular complexity index is 719. The van der Waals surface area contributed by atoms with Gasteiger partial charge < -0.3 is 25.3 Å². The number of rotatable bonds is 6. The molecule has 1 aromatic carbocycles. The number of carboxylic acids is 3. The second kappa shape index (κ2) is 6.36. The van der Waals surface area contributed by atoms with Crippen molar-refractivity contribution in [1.29, 1.82) is 0 Å². The fourth-order valence-electron chi connectivity index (χ4n) is 3.73. The number of aryl methyl sites for hydroxylation is 1. The van der Waals surface area contributed by atoms with Gasteiger partial charge in [0.05, 0.1) is 12.0 Å². The molecule has 3 atom stereocenters. The Kier molecular flexibility index (Phi) is 4.76. The molecule has 1 aliphatic heterocycles. The fourth-order valence-corrected chi connectivity index (χ4v) is 3.73. The van der Waals surface area contributed by atoms with Crippen LogP contribution in [-0.2, 0) is 20.8 Å². The van der Waals surface area contributed by atoms with Gasteiger partial charge >= 0.3 is 17.9 Å². The Morgan fingerprint density at radius 1 is 1.24 bits per heavy atom. The second-order valence-corrected chi connectivity index (χ2v) is 6.62. The highest BCUT2D eigenvalue weighted by Gasteiger charge is 2.60. The van der Waals surface area contributed by atoms with Crippen LogP contribution in [0.3, 0.4) is 0 Å². The minimum absolute atomic E-state index is 0.257. The summed E-state index contributed by atoms with van der Waals surface area (Å²) in [4.78, 5) is 36.3. The molecule has 3 unspecified atom stereocenters. The van der Waals surface area contributed by atoms with Crippen LogP contribution in [0.1, 0.15) is 25.3 Å². The maximum Gasteiger partial charge on any atom is 0.337 e. The van der Waals surface area contributed by atoms with Crippen molar-refractivity contribution in [2.75, 3.05) is 11.9 Å². The second-order valence-electron chi connectivity index (χ2n) is 6.62. The molecule has 1 aromatic rings. The molecule has 8 nitrogen and oxygen atoms in total. The number of carbonyl (C=O) groups is 3. The van der Waals surface area contributed by atoms with E-state index in [0.717, 1.165) is 11.3 Å². The van der Waals surface area contributed by atoms with Crippen LogP contribution in [0.5, 0.6) is 0 Å². The van der Waals surface area contributed by atoms with Crippen LogP contribution >= 0.6 is 0 Å². The van der Waals surface area contributed by atoms with E-state index in [9.17, 15) is 29.7 Å². The van der Waals surface area contributed by atoms with Crippen molar-refractivity contribution >= 4 is 23.6 Å². The van der Waals surface area contributed by atoms with Crippen molar-refractivity contribution in [2.45, 2.75) is 37.3 Å². The number of para-hydroxylation sites is 1. The van der Waals surface area contributed by atoms with Crippen LogP contribution in [-0.4, -0.2) is 56.5 Å². The highest BCUT2D eigenvalue weighted by atomic mass is 16.4. The van der Waals surface area contributed by atoms with E-state index < -0.39 is 41.4 Å². The highest BCUT2D eigenvalue weighted by molar-refractivity contribution is 5.91. The van der Waals surface area contributed by atoms with Crippen molar-refractivity contribution in [1.82, 2.24) is 0 Å². The number of aliphatic hydroxyl groups is 1. The Morgan fingerprint density at radius 3 is 2.36 bits per heavy atom. The molecule has 2 rings (SSSR count). The lowest BCUT2D eigenvalue weighted by molar-refractivity contribution is -0.183. The summed E-state index contributed by atoms with van der Waals surface area (Å²) in [6, 6.07) is 7.30. The third-order valence-corrected chi connectivity index (χ3v) is 5.16. The van der Waals surface area contributed by atoms with Crippen LogP contribution in [0.4, 0.5) is 5.69 Å². The quantitative estimate of drug-likeness (QED) is 0.591. The molecule has 0 spiro atoms. The lowest BCUT2D eigenvalue weighted by atomic mass is 9.67. The zero-order valence-corrected chi connectivity index (χ0v) is 14.0. The summed E-state index contributed by atoms with van der Waals surface area (Å²) in [5, 5.41) is 38.7. The summed E-state index contributed by atoms with van der Waals surface area (Å²) in [5.74, 6) is -6.85. The number of carboxylic acid groups (broad SMARTS) is 3. The van der Waals surface area contributed by atoms with Gasteiger partial charge in [-0.3, -0.25) is 9.59 Å². The predicted molar refractivity (Wildman–Crippen MR) is 87.5 cm³/mol. The molecule has 4 N–H and O–H groups in total. The topological polar surface area (TPSA) is 135 Å². The van der Waals surface area contributed by atoms with Gasteiger partial charge in [-0.15, -0.1) is 0 Å². The molecule has 0 bridgehead atoms. The van der Waals surface area contributed by atoms with Gasteiger partial charge in [0, 0.05) is 12.7 Å². The number of hydrogen-bond acceptors (Lipinski definition) is 5. The Labute approximate surface area is 144 Å². The zero-order valence-electron chi connectivity index (χ0n) is 14.0. The Hall–Kier alpha value is -2.61. The third-order valence-electron chi connectivity index (χ3n) is 5.16. The Morgan fingerprint density at radius 2 is 1.84 bits per heavy atom. The molecule has 0 radical (unpaired) electrons. The molecular formula is C17H21NO7. The van der Waals surface area contributed by atoms with Gasteiger partial charge in [0.25, 0.3) is 0 Å². The molecule has 136 valence electrons. The molecule has 0 saturated carbocycles. The van der Waals surface area contributed by atoms with Gasteiger partial charge in [0.1, 0.15) is 5.92 Å². The zero-order chi connectivity index (χ0) is 19.0. The van der Waals surface area contributed by atoms with Gasteiger partial charge in [-0.05, 0) is 31.4 Å². The summed E-state index contributed by atoms with van der Waals surface area (Å²) in [5.41, 5.74) is -2.52. The maximum absolute atomic E-state index is 12.0. The van der Waals surface area contributed by atoms with Gasteiger partial charge in [-0.1, -0.05) is 18.2 Å². The van der Waals surface area contributed by atoms with Gasteiger partial charge in [0.2, 0.25) is 0 Å². The lowest BCUT2D eigenvalue weighted by Gasteiger charge is -2.51. The van der Waals surface area contributed by atoms with Crippen molar-refractivity contribution in [3.05, 3.63) is 29.8 Å². The first-order valence-corrected chi connectivity index (χ1v) is 7.76. The standard InChI is InChI=1S/C17H21NO7/c1-16(8-7-10-5-3-4-6-11(10)18(16)2)13(14(21)22)17(25,15(23)24)9-12(19)20/h3-6,13,25H,7-9H2,1-2H3,(H,19,20)(H,21,22)(H,23,24). The molecule has 0 amide bonds. The average Bonchev–Trinajstić information content (AvgIpc) is 2.50. The molecule has 0 aliphatic carbocycles. The summed E-state index contributed by atoms with van der Waals surface area (Å²) in [6.45, 7) is 1.54. The van der Waals surface area contributed by atoms with E-state index in [0.29, 0.717) is 6.42 Å². The molecule has 0 aromatic heterocycles. The van der Waals surface area contributed by atoms with E-state index >= 15 is 0 Å². The highest BCUT2D eigenvalue weighted by Crippen LogP contribution is 2.44. The van der Waals surface area contributed by atoms with Gasteiger partial charge in [-0.2, -0.15) is 0 Å². The summed E-state index contributed by atoms with van der Waals surface area (Å²) < 4.78 is 0. The average molecular weight is 351 g/mol. The first-order valence-electron chi connectivity index (χ1n) is 7.76. The van der Waals surface area contributed by atoms with E-state index in [1.165, 1.54) is 6.92 Å². The fraction of sp³-hybridized carbons (Fsp3) is 0.471. The largest absolute Gasteiger partial charge is 0.481 e. The Balaban J connectivity index is 2.58. The molecule has 0 saturated heterocycles. The monoisotopic (exact) mass is 351 g/mol. The maximum atomic E-state index is 12.0. The smallest absolute Gasteiger partial charge is 0.337 e. The van der Waals surface area contributed by atoms with Crippen molar-refractivity contribution in [3.63, 3.8) is 0 Å². The summed E-state index contributed by atoms with van der Waals surface area (Å²) in [7, 11) is 1.62. The predicted octanol–water partition coefficient (Wildman–Crippen LogP) is 0.819. The number of benzene rings is 1. The van der Waals surface area contributed by atoms with E-state index in [-0.39, 0.29) is 6.42 Å². The van der Waals surface area contributed by atoms with E-state index in [1.54, 1.807) is 24.1 Å². The van der Waals surface area contributed by atoms with Crippen LogP contribution in [0.2, 0.25) is 0 Å². The number of nitrogens with zero attached hydrogens (tertiary/aromatic N) is 1. The van der Waals surface area contributed by atoms with Crippen LogP contribution in [0, 0.1) is 5.92 Å². The molecule has 0 fully saturated rings. The van der Waals surface area contributed by atoms with Crippen molar-refractivity contribution in [2.24, 2.45) is 5.92 Å². The molecular weight excluding hydrogens is 330 g/mol. The molecule has 1 heterocycles. The van der Waals surface area contributed by atoms with E-state index in [1.807, 2.05) is 12.1 Å². The van der Waals surface area contributed by atoms with Gasteiger partial charge in [0.15, 0.2) is 5.60 Å². The first-order chi connectivity index (χ1) is 11.5. The SMILES string of the molecule is CN1c2ccccc2CCC1(C)C(C(=O)O)C(O)(CC(=O)O)C(=O)O. The number of hydrogen-bond donors (Lipinski definition) is 4. The van der Waals surface area contributed by atoms with Gasteiger partial charge in [-0.25, -0.2) is 4.79 Å². The minimum atomic E-state index is -2.94. The number of fused-ring (bicyclic) bond motifs is 1. The summed E-state index contributed by atoms with van der Waals surface area (Å²) in [6.07, 6.45) is -0.458. The van der Waals surface area contributed by atoms with Crippen LogP contribution in [0.15, 0.2) is 24.3 Å². The normalized spacial score (nSPS) is 23.2. The van der Waals surface area contributed by atoms with E-state index in [2.05, 4.69) is 0 Å². The molecule has 8 heteroatoms. The third kappa shape index (κ3) is 3.05. The van der Waals surface area contributed by atoms with Crippen molar-refractivity contribution < 1.29 is 34.8 Å². The van der Waals surface area contributed by atoms with Crippen molar-refractivity contribution in [3.8, 4) is 0 Å².